The van der Waals surface area contributed by atoms with E-state index < -0.39 is 5.97 Å². The smallest absolute Gasteiger partial charge is 0.307 e. The van der Waals surface area contributed by atoms with Crippen LogP contribution in [0.4, 0.5) is 0 Å². The average Bonchev–Trinajstić information content (AvgIpc) is 2.42. The molecule has 2 atom stereocenters. The van der Waals surface area contributed by atoms with Gasteiger partial charge in [-0.15, -0.1) is 11.3 Å². The molecule has 0 radical (unpaired) electrons. The largest absolute Gasteiger partial charge is 0.481 e. The minimum Gasteiger partial charge on any atom is -0.481 e. The number of aromatic nitrogens is 1. The Hall–Kier alpha value is -0.610. The summed E-state index contributed by atoms with van der Waals surface area (Å²) in [5.41, 5.74) is -0.165. The van der Waals surface area contributed by atoms with Gasteiger partial charge in [0.2, 0.25) is 0 Å². The number of halogens is 1. The van der Waals surface area contributed by atoms with E-state index in [0.29, 0.717) is 4.47 Å². The number of hydrogen-bond acceptors (Lipinski definition) is 3. The Bertz CT molecular complexity index is 388. The van der Waals surface area contributed by atoms with Gasteiger partial charge < -0.3 is 5.11 Å². The zero-order chi connectivity index (χ0) is 10.5. The van der Waals surface area contributed by atoms with Crippen molar-refractivity contribution in [3.63, 3.8) is 0 Å². The second kappa shape index (κ2) is 2.94. The molecule has 0 saturated heterocycles. The first-order valence-electron chi connectivity index (χ1n) is 4.28. The minimum absolute atomic E-state index is 0.0741. The van der Waals surface area contributed by atoms with Crippen LogP contribution in [0.2, 0.25) is 4.47 Å². The summed E-state index contributed by atoms with van der Waals surface area (Å²) in [4.78, 5) is 15.8. The highest BCUT2D eigenvalue weighted by Gasteiger charge is 2.63. The summed E-state index contributed by atoms with van der Waals surface area (Å²) in [5.74, 6) is -0.950. The molecule has 1 aliphatic rings. The van der Waals surface area contributed by atoms with Crippen LogP contribution in [0.15, 0.2) is 6.20 Å². The molecule has 1 saturated carbocycles. The first kappa shape index (κ1) is 9.93. The van der Waals surface area contributed by atoms with E-state index in [1.165, 1.54) is 11.3 Å². The average molecular weight is 232 g/mol. The fourth-order valence-corrected chi connectivity index (χ4v) is 3.33. The molecule has 0 aromatic carbocycles. The second-order valence-electron chi connectivity index (χ2n) is 4.13. The Labute approximate surface area is 90.7 Å². The van der Waals surface area contributed by atoms with E-state index in [-0.39, 0.29) is 17.3 Å². The van der Waals surface area contributed by atoms with Crippen molar-refractivity contribution in [2.75, 3.05) is 0 Å². The maximum Gasteiger partial charge on any atom is 0.307 e. The molecule has 1 aliphatic carbocycles. The maximum atomic E-state index is 10.9. The van der Waals surface area contributed by atoms with Crippen molar-refractivity contribution in [3.8, 4) is 0 Å². The summed E-state index contributed by atoms with van der Waals surface area (Å²) in [6, 6.07) is 0. The third-order valence-electron chi connectivity index (χ3n) is 2.90. The van der Waals surface area contributed by atoms with Crippen LogP contribution in [-0.4, -0.2) is 16.1 Å². The maximum absolute atomic E-state index is 10.9. The first-order valence-corrected chi connectivity index (χ1v) is 5.48. The molecule has 2 unspecified atom stereocenters. The zero-order valence-corrected chi connectivity index (χ0v) is 9.39. The van der Waals surface area contributed by atoms with E-state index in [4.69, 9.17) is 16.7 Å². The van der Waals surface area contributed by atoms with Crippen LogP contribution in [0.1, 0.15) is 24.6 Å². The monoisotopic (exact) mass is 231 g/mol. The van der Waals surface area contributed by atoms with E-state index in [2.05, 4.69) is 4.98 Å². The van der Waals surface area contributed by atoms with Gasteiger partial charge >= 0.3 is 5.97 Å². The number of thiazole rings is 1. The van der Waals surface area contributed by atoms with Crippen LogP contribution in [0, 0.1) is 11.3 Å². The van der Waals surface area contributed by atoms with Crippen molar-refractivity contribution < 1.29 is 9.90 Å². The molecule has 1 aromatic rings. The van der Waals surface area contributed by atoms with Crippen LogP contribution in [0.5, 0.6) is 0 Å². The minimum atomic E-state index is -0.732. The lowest BCUT2D eigenvalue weighted by Crippen LogP contribution is -2.02. The molecular weight excluding hydrogens is 222 g/mol. The van der Waals surface area contributed by atoms with Gasteiger partial charge in [0, 0.05) is 17.0 Å². The highest BCUT2D eigenvalue weighted by Crippen LogP contribution is 2.65. The van der Waals surface area contributed by atoms with Crippen LogP contribution >= 0.6 is 22.9 Å². The summed E-state index contributed by atoms with van der Waals surface area (Å²) < 4.78 is 0.479. The Morgan fingerprint density at radius 3 is 2.71 bits per heavy atom. The molecule has 0 bridgehead atoms. The van der Waals surface area contributed by atoms with Crippen molar-refractivity contribution in [2.24, 2.45) is 11.3 Å². The lowest BCUT2D eigenvalue weighted by Gasteiger charge is -1.97. The number of carbonyl (C=O) groups is 1. The molecule has 0 aliphatic heterocycles. The predicted molar refractivity (Wildman–Crippen MR) is 54.8 cm³/mol. The van der Waals surface area contributed by atoms with Gasteiger partial charge in [-0.2, -0.15) is 0 Å². The molecule has 14 heavy (non-hydrogen) atoms. The van der Waals surface area contributed by atoms with E-state index in [1.54, 1.807) is 6.20 Å². The molecule has 1 N–H and O–H groups in total. The van der Waals surface area contributed by atoms with Crippen LogP contribution < -0.4 is 0 Å². The molecular formula is C9H10ClNO2S. The zero-order valence-electron chi connectivity index (χ0n) is 7.82. The number of rotatable bonds is 2. The number of hydrogen-bond donors (Lipinski definition) is 1. The van der Waals surface area contributed by atoms with Crippen LogP contribution in [-0.2, 0) is 4.79 Å². The highest BCUT2D eigenvalue weighted by atomic mass is 35.5. The van der Waals surface area contributed by atoms with Gasteiger partial charge in [-0.3, -0.25) is 4.79 Å². The van der Waals surface area contributed by atoms with E-state index in [9.17, 15) is 4.79 Å². The Kier molecular flexibility index (Phi) is 2.08. The molecule has 1 heterocycles. The molecule has 1 aromatic heterocycles. The second-order valence-corrected chi connectivity index (χ2v) is 5.77. The molecule has 1 fully saturated rings. The summed E-state index contributed by atoms with van der Waals surface area (Å²) >= 11 is 7.09. The Balaban J connectivity index is 2.27. The lowest BCUT2D eigenvalue weighted by molar-refractivity contribution is -0.139. The third-order valence-corrected chi connectivity index (χ3v) is 4.09. The number of aliphatic carboxylic acids is 1. The van der Waals surface area contributed by atoms with E-state index >= 15 is 0 Å². The summed E-state index contributed by atoms with van der Waals surface area (Å²) in [5, 5.41) is 8.98. The summed E-state index contributed by atoms with van der Waals surface area (Å²) in [7, 11) is 0. The SMILES string of the molecule is CC1(C)C(C(=O)O)C1c1cnc(Cl)s1. The van der Waals surface area contributed by atoms with Crippen molar-refractivity contribution in [2.45, 2.75) is 19.8 Å². The molecule has 2 rings (SSSR count). The third kappa shape index (κ3) is 1.33. The van der Waals surface area contributed by atoms with Gasteiger partial charge in [0.05, 0.1) is 5.92 Å². The first-order chi connectivity index (χ1) is 6.44. The molecule has 5 heteroatoms. The fourth-order valence-electron chi connectivity index (χ4n) is 2.04. The molecule has 0 amide bonds. The van der Waals surface area contributed by atoms with Crippen LogP contribution in [0.3, 0.4) is 0 Å². The van der Waals surface area contributed by atoms with Crippen molar-refractivity contribution in [1.82, 2.24) is 4.98 Å². The van der Waals surface area contributed by atoms with Crippen molar-refractivity contribution in [1.29, 1.82) is 0 Å². The summed E-state index contributed by atoms with van der Waals surface area (Å²) in [6.45, 7) is 3.92. The van der Waals surface area contributed by atoms with Gasteiger partial charge in [0.1, 0.15) is 0 Å². The molecule has 0 spiro atoms. The Morgan fingerprint density at radius 2 is 2.36 bits per heavy atom. The topological polar surface area (TPSA) is 50.2 Å². The van der Waals surface area contributed by atoms with Crippen LogP contribution in [0.25, 0.3) is 0 Å². The lowest BCUT2D eigenvalue weighted by atomic mass is 10.1. The normalized spacial score (nSPS) is 28.8. The highest BCUT2D eigenvalue weighted by molar-refractivity contribution is 7.15. The number of carboxylic acids is 1. The van der Waals surface area contributed by atoms with Gasteiger partial charge in [-0.25, -0.2) is 4.98 Å². The number of nitrogens with zero attached hydrogens (tertiary/aromatic N) is 1. The quantitative estimate of drug-likeness (QED) is 0.851. The van der Waals surface area contributed by atoms with Gasteiger partial charge in [-0.1, -0.05) is 25.4 Å². The van der Waals surface area contributed by atoms with Crippen molar-refractivity contribution in [3.05, 3.63) is 15.5 Å². The summed E-state index contributed by atoms with van der Waals surface area (Å²) in [6.07, 6.45) is 1.68. The molecule has 76 valence electrons. The van der Waals surface area contributed by atoms with E-state index in [0.717, 1.165) is 4.88 Å². The van der Waals surface area contributed by atoms with Gasteiger partial charge in [0.15, 0.2) is 4.47 Å². The van der Waals surface area contributed by atoms with E-state index in [1.807, 2.05) is 13.8 Å². The van der Waals surface area contributed by atoms with Gasteiger partial charge in [-0.05, 0) is 5.41 Å². The van der Waals surface area contributed by atoms with Gasteiger partial charge in [0.25, 0.3) is 0 Å². The predicted octanol–water partition coefficient (Wildman–Crippen LogP) is 2.62. The molecule has 3 nitrogen and oxygen atoms in total. The Morgan fingerprint density at radius 1 is 1.71 bits per heavy atom. The fraction of sp³-hybridized carbons (Fsp3) is 0.556. The standard InChI is InChI=1S/C9H10ClNO2S/c1-9(2)5(6(9)7(12)13)4-3-11-8(10)14-4/h3,5-6H,1-2H3,(H,12,13). The van der Waals surface area contributed by atoms with Crippen molar-refractivity contribution >= 4 is 28.9 Å². The number of carboxylic acid groups (broad SMARTS) is 1.